The van der Waals surface area contributed by atoms with Crippen LogP contribution in [0.4, 0.5) is 22.0 Å². The summed E-state index contributed by atoms with van der Waals surface area (Å²) in [6, 6.07) is 5.97. The first-order valence-electron chi connectivity index (χ1n) is 10.1. The Labute approximate surface area is 167 Å². The van der Waals surface area contributed by atoms with Crippen LogP contribution in [0.3, 0.4) is 0 Å². The molecule has 29 heavy (non-hydrogen) atoms. The van der Waals surface area contributed by atoms with Crippen molar-refractivity contribution in [2.75, 3.05) is 0 Å². The van der Waals surface area contributed by atoms with E-state index in [0.717, 1.165) is 43.4 Å². The summed E-state index contributed by atoms with van der Waals surface area (Å²) in [6.45, 7) is 2.04. The van der Waals surface area contributed by atoms with Crippen LogP contribution in [0, 0.1) is 17.6 Å². The fraction of sp³-hybridized carbons (Fsp3) is 0.417. The van der Waals surface area contributed by atoms with Crippen LogP contribution in [-0.2, 0) is 31.9 Å². The number of benzene rings is 2. The van der Waals surface area contributed by atoms with E-state index in [1.165, 1.54) is 16.7 Å². The molecule has 4 rings (SSSR count). The third-order valence-corrected chi connectivity index (χ3v) is 6.37. The Balaban J connectivity index is 1.61. The van der Waals surface area contributed by atoms with Crippen LogP contribution >= 0.6 is 0 Å². The van der Waals surface area contributed by atoms with Gasteiger partial charge in [-0.1, -0.05) is 24.3 Å². The van der Waals surface area contributed by atoms with Crippen molar-refractivity contribution in [3.63, 3.8) is 0 Å². The third-order valence-electron chi connectivity index (χ3n) is 6.37. The molecule has 0 spiro atoms. The first-order chi connectivity index (χ1) is 13.8. The van der Waals surface area contributed by atoms with E-state index < -0.39 is 23.4 Å². The SMILES string of the molecule is C/C=C/C1CCc2c(ccc3c2CCC(c2cc(F)c(C(F)(F)F)c(F)c2)C3)C1. The molecule has 0 aliphatic heterocycles. The molecule has 5 heteroatoms. The predicted octanol–water partition coefficient (Wildman–Crippen LogP) is 6.94. The average molecular weight is 406 g/mol. The summed E-state index contributed by atoms with van der Waals surface area (Å²) in [5, 5.41) is 0. The van der Waals surface area contributed by atoms with E-state index in [1.807, 2.05) is 6.92 Å². The maximum Gasteiger partial charge on any atom is 0.422 e. The molecule has 0 aromatic heterocycles. The quantitative estimate of drug-likeness (QED) is 0.374. The van der Waals surface area contributed by atoms with E-state index in [-0.39, 0.29) is 5.92 Å². The molecule has 2 atom stereocenters. The third kappa shape index (κ3) is 3.84. The molecule has 2 unspecified atom stereocenters. The van der Waals surface area contributed by atoms with E-state index in [9.17, 15) is 22.0 Å². The number of alkyl halides is 3. The number of hydrogen-bond acceptors (Lipinski definition) is 0. The van der Waals surface area contributed by atoms with Crippen molar-refractivity contribution in [1.82, 2.24) is 0 Å². The zero-order valence-corrected chi connectivity index (χ0v) is 16.3. The van der Waals surface area contributed by atoms with E-state index in [2.05, 4.69) is 24.3 Å². The van der Waals surface area contributed by atoms with Gasteiger partial charge in [0.25, 0.3) is 0 Å². The standard InChI is InChI=1S/C24H23F5/c1-2-3-14-4-8-19-16(10-14)5-6-17-11-15(7-9-20(17)19)18-12-21(25)23(22(26)13-18)24(27,28)29/h2-3,5-6,12-15H,4,7-11H2,1H3/b3-2+. The van der Waals surface area contributed by atoms with Crippen molar-refractivity contribution in [2.45, 2.75) is 57.5 Å². The molecule has 0 nitrogen and oxygen atoms in total. The minimum absolute atomic E-state index is 0.175. The molecule has 2 aliphatic carbocycles. The number of fused-ring (bicyclic) bond motifs is 3. The normalized spacial score (nSPS) is 21.9. The van der Waals surface area contributed by atoms with Crippen molar-refractivity contribution in [3.8, 4) is 0 Å². The summed E-state index contributed by atoms with van der Waals surface area (Å²) in [5.74, 6) is -2.66. The second-order valence-corrected chi connectivity index (χ2v) is 8.17. The second-order valence-electron chi connectivity index (χ2n) is 8.17. The summed E-state index contributed by atoms with van der Waals surface area (Å²) in [6.07, 6.45) is 4.59. The molecule has 154 valence electrons. The van der Waals surface area contributed by atoms with E-state index in [1.54, 1.807) is 0 Å². The van der Waals surface area contributed by atoms with Crippen LogP contribution in [-0.4, -0.2) is 0 Å². The van der Waals surface area contributed by atoms with Gasteiger partial charge in [0.05, 0.1) is 0 Å². The van der Waals surface area contributed by atoms with Crippen molar-refractivity contribution < 1.29 is 22.0 Å². The summed E-state index contributed by atoms with van der Waals surface area (Å²) in [7, 11) is 0. The lowest BCUT2D eigenvalue weighted by Crippen LogP contribution is -2.20. The van der Waals surface area contributed by atoms with Crippen molar-refractivity contribution in [1.29, 1.82) is 0 Å². The zero-order valence-electron chi connectivity index (χ0n) is 16.3. The van der Waals surface area contributed by atoms with E-state index in [4.69, 9.17) is 0 Å². The Kier molecular flexibility index (Phi) is 5.26. The lowest BCUT2D eigenvalue weighted by molar-refractivity contribution is -0.142. The Morgan fingerprint density at radius 1 is 0.897 bits per heavy atom. The molecule has 0 N–H and O–H groups in total. The minimum Gasteiger partial charge on any atom is -0.206 e. The van der Waals surface area contributed by atoms with Gasteiger partial charge < -0.3 is 0 Å². The predicted molar refractivity (Wildman–Crippen MR) is 103 cm³/mol. The van der Waals surface area contributed by atoms with Crippen LogP contribution in [0.2, 0.25) is 0 Å². The first kappa shape index (κ1) is 20.1. The highest BCUT2D eigenvalue weighted by molar-refractivity contribution is 5.46. The summed E-state index contributed by atoms with van der Waals surface area (Å²) in [5.41, 5.74) is 3.79. The monoisotopic (exact) mass is 406 g/mol. The largest absolute Gasteiger partial charge is 0.422 e. The smallest absolute Gasteiger partial charge is 0.206 e. The number of rotatable bonds is 2. The molecule has 2 aromatic carbocycles. The van der Waals surface area contributed by atoms with Gasteiger partial charge in [-0.3, -0.25) is 0 Å². The maximum absolute atomic E-state index is 14.0. The van der Waals surface area contributed by atoms with Gasteiger partial charge in [0.1, 0.15) is 17.2 Å². The van der Waals surface area contributed by atoms with Crippen molar-refractivity contribution in [3.05, 3.63) is 81.4 Å². The summed E-state index contributed by atoms with van der Waals surface area (Å²) >= 11 is 0. The number of halogens is 5. The molecular weight excluding hydrogens is 383 g/mol. The Morgan fingerprint density at radius 3 is 2.07 bits per heavy atom. The Hall–Kier alpha value is -2.17. The average Bonchev–Trinajstić information content (AvgIpc) is 2.65. The topological polar surface area (TPSA) is 0 Å². The molecule has 0 bridgehead atoms. The highest BCUT2D eigenvalue weighted by atomic mass is 19.4. The fourth-order valence-electron chi connectivity index (χ4n) is 5.02. The molecule has 0 fully saturated rings. The number of allylic oxidation sites excluding steroid dienone is 2. The molecule has 0 saturated carbocycles. The van der Waals surface area contributed by atoms with Gasteiger partial charge in [-0.2, -0.15) is 13.2 Å². The van der Waals surface area contributed by atoms with Crippen LogP contribution in [0.5, 0.6) is 0 Å². The van der Waals surface area contributed by atoms with Crippen molar-refractivity contribution >= 4 is 0 Å². The summed E-state index contributed by atoms with van der Waals surface area (Å²) < 4.78 is 66.5. The minimum atomic E-state index is -5.03. The van der Waals surface area contributed by atoms with Crippen LogP contribution in [0.15, 0.2) is 36.4 Å². The second kappa shape index (κ2) is 7.58. The van der Waals surface area contributed by atoms with E-state index >= 15 is 0 Å². The van der Waals surface area contributed by atoms with Gasteiger partial charge in [-0.15, -0.1) is 0 Å². The van der Waals surface area contributed by atoms with Crippen LogP contribution < -0.4 is 0 Å². The highest BCUT2D eigenvalue weighted by Crippen LogP contribution is 2.40. The van der Waals surface area contributed by atoms with Gasteiger partial charge in [0.15, 0.2) is 0 Å². The Bertz CT molecular complexity index is 931. The maximum atomic E-state index is 14.0. The van der Waals surface area contributed by atoms with Gasteiger partial charge in [-0.25, -0.2) is 8.78 Å². The zero-order chi connectivity index (χ0) is 20.8. The summed E-state index contributed by atoms with van der Waals surface area (Å²) in [4.78, 5) is 0. The van der Waals surface area contributed by atoms with Gasteiger partial charge >= 0.3 is 6.18 Å². The van der Waals surface area contributed by atoms with Gasteiger partial charge in [-0.05, 0) is 97.2 Å². The molecule has 0 heterocycles. The van der Waals surface area contributed by atoms with Crippen LogP contribution in [0.25, 0.3) is 0 Å². The van der Waals surface area contributed by atoms with E-state index in [0.29, 0.717) is 24.3 Å². The van der Waals surface area contributed by atoms with Gasteiger partial charge in [0.2, 0.25) is 0 Å². The molecule has 0 radical (unpaired) electrons. The lowest BCUT2D eigenvalue weighted by atomic mass is 9.73. The molecular formula is C24H23F5. The molecule has 2 aliphatic rings. The van der Waals surface area contributed by atoms with Crippen molar-refractivity contribution in [2.24, 2.45) is 5.92 Å². The highest BCUT2D eigenvalue weighted by Gasteiger charge is 2.38. The fourth-order valence-corrected chi connectivity index (χ4v) is 5.02. The number of hydrogen-bond donors (Lipinski definition) is 0. The molecule has 0 amide bonds. The van der Waals surface area contributed by atoms with Gasteiger partial charge in [0, 0.05) is 0 Å². The molecule has 2 aromatic rings. The van der Waals surface area contributed by atoms with Crippen LogP contribution in [0.1, 0.15) is 59.1 Å². The molecule has 0 saturated heterocycles. The Morgan fingerprint density at radius 2 is 1.48 bits per heavy atom. The first-order valence-corrected chi connectivity index (χ1v) is 10.1. The lowest BCUT2D eigenvalue weighted by Gasteiger charge is -2.31.